The molecule has 4 aromatic carbocycles. The van der Waals surface area contributed by atoms with Crippen molar-refractivity contribution in [2.24, 2.45) is 0 Å². The minimum atomic E-state index is 0. The molecule has 26 heavy (non-hydrogen) atoms. The Morgan fingerprint density at radius 2 is 1.62 bits per heavy atom. The van der Waals surface area contributed by atoms with Crippen molar-refractivity contribution in [2.45, 2.75) is 38.5 Å². The summed E-state index contributed by atoms with van der Waals surface area (Å²) < 4.78 is 0. The van der Waals surface area contributed by atoms with Gasteiger partial charge in [-0.05, 0) is 41.2 Å². The van der Waals surface area contributed by atoms with Crippen LogP contribution < -0.4 is 0 Å². The molecule has 0 saturated heterocycles. The summed E-state index contributed by atoms with van der Waals surface area (Å²) in [5.74, 6) is 0.775. The molecule has 0 N–H and O–H groups in total. The molecule has 0 bridgehead atoms. The van der Waals surface area contributed by atoms with E-state index in [4.69, 9.17) is 0 Å². The third-order valence-corrected chi connectivity index (χ3v) is 6.07. The average Bonchev–Trinajstić information content (AvgIpc) is 3.29. The van der Waals surface area contributed by atoms with Crippen LogP contribution >= 0.6 is 0 Å². The number of aryl methyl sites for hydroxylation is 1. The van der Waals surface area contributed by atoms with Gasteiger partial charge in [-0.25, -0.2) is 0 Å². The van der Waals surface area contributed by atoms with Crippen LogP contribution in [-0.2, 0) is 26.2 Å². The Hall–Kier alpha value is -1.59. The SMILES string of the molecule is Cc1c(C2CCCC2)[cH-]c2cccc(-c3ccc4ccccc4c3)c12.[Zr]. The first-order chi connectivity index (χ1) is 12.3. The van der Waals surface area contributed by atoms with Gasteiger partial charge in [-0.3, -0.25) is 0 Å². The predicted octanol–water partition coefficient (Wildman–Crippen LogP) is 7.34. The first-order valence-electron chi connectivity index (χ1n) is 9.49. The Labute approximate surface area is 174 Å². The van der Waals surface area contributed by atoms with Crippen molar-refractivity contribution in [1.82, 2.24) is 0 Å². The van der Waals surface area contributed by atoms with Crippen LogP contribution in [0.3, 0.4) is 0 Å². The Bertz CT molecular complexity index is 1060. The molecule has 0 radical (unpaired) electrons. The van der Waals surface area contributed by atoms with Crippen molar-refractivity contribution < 1.29 is 26.2 Å². The van der Waals surface area contributed by atoms with E-state index in [0.29, 0.717) is 0 Å². The maximum absolute atomic E-state index is 2.46. The van der Waals surface area contributed by atoms with Gasteiger partial charge in [0.2, 0.25) is 0 Å². The predicted molar refractivity (Wildman–Crippen MR) is 108 cm³/mol. The molecule has 128 valence electrons. The fraction of sp³-hybridized carbons (Fsp3) is 0.240. The van der Waals surface area contributed by atoms with Gasteiger partial charge in [-0.15, -0.1) is 34.5 Å². The molecule has 1 heteroatoms. The third kappa shape index (κ3) is 2.91. The molecule has 0 unspecified atom stereocenters. The van der Waals surface area contributed by atoms with E-state index in [1.165, 1.54) is 63.9 Å². The molecule has 0 aliphatic heterocycles. The van der Waals surface area contributed by atoms with Gasteiger partial charge in [0.25, 0.3) is 0 Å². The van der Waals surface area contributed by atoms with Crippen LogP contribution in [0.5, 0.6) is 0 Å². The summed E-state index contributed by atoms with van der Waals surface area (Å²) in [6.45, 7) is 2.33. The summed E-state index contributed by atoms with van der Waals surface area (Å²) in [7, 11) is 0. The van der Waals surface area contributed by atoms with E-state index in [-0.39, 0.29) is 26.2 Å². The molecule has 0 nitrogen and oxygen atoms in total. The average molecular weight is 415 g/mol. The zero-order valence-electron chi connectivity index (χ0n) is 15.3. The van der Waals surface area contributed by atoms with Crippen LogP contribution in [0.1, 0.15) is 42.7 Å². The fourth-order valence-electron chi connectivity index (χ4n) is 4.79. The van der Waals surface area contributed by atoms with Gasteiger partial charge in [-0.1, -0.05) is 67.8 Å². The van der Waals surface area contributed by atoms with E-state index in [1.54, 1.807) is 5.56 Å². The van der Waals surface area contributed by atoms with E-state index in [9.17, 15) is 0 Å². The van der Waals surface area contributed by atoms with E-state index < -0.39 is 0 Å². The van der Waals surface area contributed by atoms with Crippen molar-refractivity contribution in [1.29, 1.82) is 0 Å². The zero-order valence-corrected chi connectivity index (χ0v) is 17.7. The van der Waals surface area contributed by atoms with E-state index in [1.807, 2.05) is 0 Å². The second-order valence-electron chi connectivity index (χ2n) is 7.54. The first-order valence-corrected chi connectivity index (χ1v) is 9.49. The Morgan fingerprint density at radius 1 is 0.846 bits per heavy atom. The number of rotatable bonds is 2. The Balaban J connectivity index is 0.00000168. The normalized spacial score (nSPS) is 14.8. The van der Waals surface area contributed by atoms with E-state index in [2.05, 4.69) is 73.7 Å². The maximum Gasteiger partial charge on any atom is 0 e. The van der Waals surface area contributed by atoms with Gasteiger partial charge in [0.15, 0.2) is 0 Å². The fourth-order valence-corrected chi connectivity index (χ4v) is 4.79. The van der Waals surface area contributed by atoms with Gasteiger partial charge in [0.05, 0.1) is 0 Å². The Morgan fingerprint density at radius 3 is 2.42 bits per heavy atom. The molecular formula is C25H23Zr-. The molecule has 1 saturated carbocycles. The van der Waals surface area contributed by atoms with E-state index in [0.717, 1.165) is 5.92 Å². The molecule has 0 aromatic heterocycles. The first kappa shape index (κ1) is 17.8. The number of fused-ring (bicyclic) bond motifs is 2. The van der Waals surface area contributed by atoms with Crippen LogP contribution in [0.4, 0.5) is 0 Å². The number of hydrogen-bond acceptors (Lipinski definition) is 0. The van der Waals surface area contributed by atoms with Gasteiger partial charge >= 0.3 is 0 Å². The minimum Gasteiger partial charge on any atom is -0.152 e. The molecule has 5 rings (SSSR count). The standard InChI is InChI=1S/C25H23.Zr/c1-17-24(19-8-3-4-9-19)16-22-11-6-12-23(25(17)22)21-14-13-18-7-2-5-10-20(18)15-21;/h2,5-7,10-16,19H,3-4,8-9H2,1H3;/q-1;. The summed E-state index contributed by atoms with van der Waals surface area (Å²) in [4.78, 5) is 0. The Kier molecular flexibility index (Phi) is 4.93. The number of hydrogen-bond donors (Lipinski definition) is 0. The topological polar surface area (TPSA) is 0 Å². The summed E-state index contributed by atoms with van der Waals surface area (Å²) in [6.07, 6.45) is 5.51. The molecule has 0 atom stereocenters. The van der Waals surface area contributed by atoms with Crippen LogP contribution in [0.15, 0.2) is 66.7 Å². The van der Waals surface area contributed by atoms with Crippen LogP contribution in [0.25, 0.3) is 32.7 Å². The molecule has 1 aliphatic carbocycles. The van der Waals surface area contributed by atoms with Gasteiger partial charge < -0.3 is 0 Å². The van der Waals surface area contributed by atoms with Crippen molar-refractivity contribution in [3.63, 3.8) is 0 Å². The summed E-state index contributed by atoms with van der Waals surface area (Å²) in [5, 5.41) is 5.49. The molecule has 4 aromatic rings. The van der Waals surface area contributed by atoms with Crippen LogP contribution in [0, 0.1) is 6.92 Å². The quantitative estimate of drug-likeness (QED) is 0.301. The molecular weight excluding hydrogens is 391 g/mol. The molecule has 0 heterocycles. The minimum absolute atomic E-state index is 0. The molecule has 1 aliphatic rings. The van der Waals surface area contributed by atoms with Gasteiger partial charge in [-0.2, -0.15) is 5.56 Å². The van der Waals surface area contributed by atoms with Crippen molar-refractivity contribution in [2.75, 3.05) is 0 Å². The molecule has 1 fully saturated rings. The largest absolute Gasteiger partial charge is 0.152 e. The zero-order chi connectivity index (χ0) is 16.8. The molecule has 0 spiro atoms. The van der Waals surface area contributed by atoms with Crippen LogP contribution in [-0.4, -0.2) is 0 Å². The number of benzene rings is 3. The second kappa shape index (κ2) is 7.20. The van der Waals surface area contributed by atoms with Crippen molar-refractivity contribution in [3.05, 3.63) is 77.9 Å². The summed E-state index contributed by atoms with van der Waals surface area (Å²) in [5.41, 5.74) is 5.81. The smallest absolute Gasteiger partial charge is 0 e. The monoisotopic (exact) mass is 413 g/mol. The third-order valence-electron chi connectivity index (χ3n) is 6.07. The second-order valence-corrected chi connectivity index (χ2v) is 7.54. The van der Waals surface area contributed by atoms with Gasteiger partial charge in [0.1, 0.15) is 0 Å². The summed E-state index contributed by atoms with van der Waals surface area (Å²) in [6, 6.07) is 24.7. The van der Waals surface area contributed by atoms with Gasteiger partial charge in [0, 0.05) is 26.2 Å². The van der Waals surface area contributed by atoms with E-state index >= 15 is 0 Å². The summed E-state index contributed by atoms with van der Waals surface area (Å²) >= 11 is 0. The van der Waals surface area contributed by atoms with Crippen molar-refractivity contribution >= 4 is 21.5 Å². The molecule has 0 amide bonds. The van der Waals surface area contributed by atoms with Crippen LogP contribution in [0.2, 0.25) is 0 Å². The maximum atomic E-state index is 2.46. The van der Waals surface area contributed by atoms with Crippen molar-refractivity contribution in [3.8, 4) is 11.1 Å².